The van der Waals surface area contributed by atoms with Gasteiger partial charge in [0.1, 0.15) is 5.78 Å². The SMILES string of the molecule is CCC1C(=O)CC1c1ccc(-c2ccccc2)cc1. The molecule has 1 aliphatic rings. The Kier molecular flexibility index (Phi) is 3.20. The molecule has 3 rings (SSSR count). The maximum atomic E-state index is 11.5. The summed E-state index contributed by atoms with van der Waals surface area (Å²) in [5.41, 5.74) is 3.79. The van der Waals surface area contributed by atoms with Crippen LogP contribution in [0.2, 0.25) is 0 Å². The van der Waals surface area contributed by atoms with Crippen molar-refractivity contribution in [3.63, 3.8) is 0 Å². The van der Waals surface area contributed by atoms with Crippen molar-refractivity contribution >= 4 is 5.78 Å². The summed E-state index contributed by atoms with van der Waals surface area (Å²) in [4.78, 5) is 11.5. The molecule has 1 heteroatoms. The Morgan fingerprint density at radius 3 is 2.16 bits per heavy atom. The Morgan fingerprint density at radius 1 is 0.947 bits per heavy atom. The van der Waals surface area contributed by atoms with Crippen molar-refractivity contribution in [2.45, 2.75) is 25.7 Å². The molecule has 2 aromatic carbocycles. The first kappa shape index (κ1) is 12.2. The van der Waals surface area contributed by atoms with Gasteiger partial charge in [-0.05, 0) is 23.1 Å². The minimum absolute atomic E-state index is 0.252. The van der Waals surface area contributed by atoms with Crippen molar-refractivity contribution in [2.75, 3.05) is 0 Å². The summed E-state index contributed by atoms with van der Waals surface area (Å²) in [5, 5.41) is 0. The van der Waals surface area contributed by atoms with Crippen molar-refractivity contribution in [2.24, 2.45) is 5.92 Å². The molecule has 19 heavy (non-hydrogen) atoms. The molecule has 0 saturated heterocycles. The largest absolute Gasteiger partial charge is 0.299 e. The van der Waals surface area contributed by atoms with Crippen LogP contribution in [0, 0.1) is 5.92 Å². The summed E-state index contributed by atoms with van der Waals surface area (Å²) >= 11 is 0. The summed E-state index contributed by atoms with van der Waals surface area (Å²) in [6, 6.07) is 19.1. The van der Waals surface area contributed by atoms with Crippen LogP contribution in [-0.4, -0.2) is 5.78 Å². The first-order valence-corrected chi connectivity index (χ1v) is 6.97. The summed E-state index contributed by atoms with van der Waals surface area (Å²) in [6.07, 6.45) is 1.69. The van der Waals surface area contributed by atoms with E-state index in [0.717, 1.165) is 12.8 Å². The van der Waals surface area contributed by atoms with Crippen LogP contribution in [0.5, 0.6) is 0 Å². The second kappa shape index (κ2) is 5.00. The van der Waals surface area contributed by atoms with Gasteiger partial charge < -0.3 is 0 Å². The lowest BCUT2D eigenvalue weighted by atomic mass is 9.67. The molecule has 1 aliphatic carbocycles. The zero-order valence-electron chi connectivity index (χ0n) is 11.2. The fourth-order valence-corrected chi connectivity index (χ4v) is 2.99. The molecule has 1 fully saturated rings. The number of ketones is 1. The van der Waals surface area contributed by atoms with Gasteiger partial charge >= 0.3 is 0 Å². The lowest BCUT2D eigenvalue weighted by Gasteiger charge is -2.34. The highest BCUT2D eigenvalue weighted by molar-refractivity contribution is 5.89. The third-order valence-corrected chi connectivity index (χ3v) is 4.21. The fraction of sp³-hybridized carbons (Fsp3) is 0.278. The van der Waals surface area contributed by atoms with Crippen molar-refractivity contribution < 1.29 is 4.79 Å². The third kappa shape index (κ3) is 2.21. The Morgan fingerprint density at radius 2 is 1.58 bits per heavy atom. The number of benzene rings is 2. The molecule has 0 aromatic heterocycles. The number of Topliss-reactive ketones (excluding diaryl/α,β-unsaturated/α-hetero) is 1. The summed E-state index contributed by atoms with van der Waals surface area (Å²) in [6.45, 7) is 2.10. The summed E-state index contributed by atoms with van der Waals surface area (Å²) in [7, 11) is 0. The van der Waals surface area contributed by atoms with Crippen molar-refractivity contribution in [3.8, 4) is 11.1 Å². The van der Waals surface area contributed by atoms with Gasteiger partial charge in [-0.15, -0.1) is 0 Å². The predicted molar refractivity (Wildman–Crippen MR) is 78.0 cm³/mol. The van der Waals surface area contributed by atoms with Crippen LogP contribution < -0.4 is 0 Å². The van der Waals surface area contributed by atoms with E-state index in [-0.39, 0.29) is 5.92 Å². The quantitative estimate of drug-likeness (QED) is 0.787. The molecule has 96 valence electrons. The van der Waals surface area contributed by atoms with Gasteiger partial charge in [-0.3, -0.25) is 4.79 Å². The molecule has 2 atom stereocenters. The Labute approximate surface area is 114 Å². The zero-order chi connectivity index (χ0) is 13.2. The first-order valence-electron chi connectivity index (χ1n) is 6.97. The van der Waals surface area contributed by atoms with E-state index in [1.54, 1.807) is 0 Å². The van der Waals surface area contributed by atoms with Crippen molar-refractivity contribution in [1.29, 1.82) is 0 Å². The second-order valence-corrected chi connectivity index (χ2v) is 5.28. The van der Waals surface area contributed by atoms with Crippen LogP contribution in [-0.2, 0) is 4.79 Å². The van der Waals surface area contributed by atoms with Crippen molar-refractivity contribution in [3.05, 3.63) is 60.2 Å². The van der Waals surface area contributed by atoms with E-state index in [1.165, 1.54) is 16.7 Å². The lowest BCUT2D eigenvalue weighted by Crippen LogP contribution is -2.34. The number of carbonyl (C=O) groups excluding carboxylic acids is 1. The van der Waals surface area contributed by atoms with Gasteiger partial charge in [-0.25, -0.2) is 0 Å². The molecule has 0 spiro atoms. The Hall–Kier alpha value is -1.89. The fourth-order valence-electron chi connectivity index (χ4n) is 2.99. The van der Waals surface area contributed by atoms with Crippen LogP contribution >= 0.6 is 0 Å². The standard InChI is InChI=1S/C18H18O/c1-2-16-17(12-18(16)19)15-10-8-14(9-11-15)13-6-4-3-5-7-13/h3-11,16-17H,2,12H2,1H3. The molecule has 1 saturated carbocycles. The number of hydrogen-bond acceptors (Lipinski definition) is 1. The van der Waals surface area contributed by atoms with E-state index in [1.807, 2.05) is 6.07 Å². The van der Waals surface area contributed by atoms with Crippen LogP contribution in [0.3, 0.4) is 0 Å². The van der Waals surface area contributed by atoms with Gasteiger partial charge in [-0.2, -0.15) is 0 Å². The van der Waals surface area contributed by atoms with E-state index in [9.17, 15) is 4.79 Å². The lowest BCUT2D eigenvalue weighted by molar-refractivity contribution is -0.131. The van der Waals surface area contributed by atoms with Gasteiger partial charge in [0.15, 0.2) is 0 Å². The van der Waals surface area contributed by atoms with Gasteiger partial charge in [0, 0.05) is 18.3 Å². The van der Waals surface area contributed by atoms with Crippen LogP contribution in [0.15, 0.2) is 54.6 Å². The Bertz CT molecular complexity index is 568. The van der Waals surface area contributed by atoms with E-state index < -0.39 is 0 Å². The van der Waals surface area contributed by atoms with E-state index >= 15 is 0 Å². The average molecular weight is 250 g/mol. The average Bonchev–Trinajstić information content (AvgIpc) is 2.46. The molecule has 0 heterocycles. The molecule has 0 aliphatic heterocycles. The minimum Gasteiger partial charge on any atom is -0.299 e. The maximum absolute atomic E-state index is 11.5. The predicted octanol–water partition coefficient (Wildman–Crippen LogP) is 4.44. The number of rotatable bonds is 3. The van der Waals surface area contributed by atoms with Gasteiger partial charge in [0.05, 0.1) is 0 Å². The first-order chi connectivity index (χ1) is 9.29. The molecule has 2 aromatic rings. The van der Waals surface area contributed by atoms with Gasteiger partial charge in [-0.1, -0.05) is 61.5 Å². The topological polar surface area (TPSA) is 17.1 Å². The third-order valence-electron chi connectivity index (χ3n) is 4.21. The van der Waals surface area contributed by atoms with E-state index in [2.05, 4.69) is 55.5 Å². The highest BCUT2D eigenvalue weighted by atomic mass is 16.1. The minimum atomic E-state index is 0.252. The van der Waals surface area contributed by atoms with Crippen LogP contribution in [0.25, 0.3) is 11.1 Å². The van der Waals surface area contributed by atoms with Crippen molar-refractivity contribution in [1.82, 2.24) is 0 Å². The summed E-state index contributed by atoms with van der Waals surface area (Å²) < 4.78 is 0. The molecule has 0 amide bonds. The molecule has 0 radical (unpaired) electrons. The normalized spacial score (nSPS) is 22.1. The maximum Gasteiger partial charge on any atom is 0.137 e. The van der Waals surface area contributed by atoms with E-state index in [4.69, 9.17) is 0 Å². The van der Waals surface area contributed by atoms with Crippen LogP contribution in [0.1, 0.15) is 31.2 Å². The highest BCUT2D eigenvalue weighted by Crippen LogP contribution is 2.41. The van der Waals surface area contributed by atoms with Gasteiger partial charge in [0.25, 0.3) is 0 Å². The molecular formula is C18H18O. The van der Waals surface area contributed by atoms with E-state index in [0.29, 0.717) is 11.7 Å². The number of carbonyl (C=O) groups is 1. The molecular weight excluding hydrogens is 232 g/mol. The van der Waals surface area contributed by atoms with Gasteiger partial charge in [0.2, 0.25) is 0 Å². The van der Waals surface area contributed by atoms with Crippen LogP contribution in [0.4, 0.5) is 0 Å². The molecule has 0 N–H and O–H groups in total. The monoisotopic (exact) mass is 250 g/mol. The Balaban J connectivity index is 1.82. The molecule has 0 bridgehead atoms. The summed E-state index contributed by atoms with van der Waals surface area (Å²) in [5.74, 6) is 1.13. The second-order valence-electron chi connectivity index (χ2n) is 5.28. The smallest absolute Gasteiger partial charge is 0.137 e. The molecule has 1 nitrogen and oxygen atoms in total. The highest BCUT2D eigenvalue weighted by Gasteiger charge is 2.38. The zero-order valence-corrected chi connectivity index (χ0v) is 11.2. The number of hydrogen-bond donors (Lipinski definition) is 0. The molecule has 2 unspecified atom stereocenters.